The summed E-state index contributed by atoms with van der Waals surface area (Å²) in [5.74, 6) is -0.0606. The fourth-order valence-electron chi connectivity index (χ4n) is 1.39. The van der Waals surface area contributed by atoms with Gasteiger partial charge in [-0.25, -0.2) is 0 Å². The van der Waals surface area contributed by atoms with E-state index in [9.17, 15) is 5.11 Å². The minimum absolute atomic E-state index is 0.182. The molecule has 70 valence electrons. The summed E-state index contributed by atoms with van der Waals surface area (Å²) in [6, 6.07) is 2.16. The predicted octanol–water partition coefficient (Wildman–Crippen LogP) is 2.33. The summed E-state index contributed by atoms with van der Waals surface area (Å²) in [7, 11) is 0. The van der Waals surface area contributed by atoms with Gasteiger partial charge in [0.15, 0.2) is 0 Å². The van der Waals surface area contributed by atoms with Gasteiger partial charge in [-0.3, -0.25) is 0 Å². The van der Waals surface area contributed by atoms with Crippen molar-refractivity contribution in [3.05, 3.63) is 0 Å². The van der Waals surface area contributed by atoms with Crippen LogP contribution in [0.5, 0.6) is 0 Å². The van der Waals surface area contributed by atoms with Gasteiger partial charge in [0.2, 0.25) is 0 Å². The van der Waals surface area contributed by atoms with Crippen LogP contribution in [0.15, 0.2) is 0 Å². The highest BCUT2D eigenvalue weighted by atomic mass is 16.3. The molecule has 0 aromatic heterocycles. The standard InChI is InChI=1S/C10H19NO/c1-5-8(3)10(4,12)9(6-2)7-11/h8-9,12H,5-6H2,1-4H3. The Morgan fingerprint density at radius 1 is 1.42 bits per heavy atom. The summed E-state index contributed by atoms with van der Waals surface area (Å²) in [6.07, 6.45) is 1.62. The first kappa shape index (κ1) is 11.4. The second-order valence-corrected chi connectivity index (χ2v) is 3.63. The summed E-state index contributed by atoms with van der Waals surface area (Å²) in [5, 5.41) is 18.8. The molecule has 0 aromatic rings. The maximum absolute atomic E-state index is 10.0. The molecule has 0 aliphatic rings. The second kappa shape index (κ2) is 4.47. The molecule has 0 aliphatic carbocycles. The maximum Gasteiger partial charge on any atom is 0.0802 e. The van der Waals surface area contributed by atoms with Gasteiger partial charge in [0.25, 0.3) is 0 Å². The van der Waals surface area contributed by atoms with Gasteiger partial charge in [0.1, 0.15) is 0 Å². The van der Waals surface area contributed by atoms with Crippen molar-refractivity contribution in [2.45, 2.75) is 46.1 Å². The summed E-state index contributed by atoms with van der Waals surface area (Å²) in [6.45, 7) is 7.71. The van der Waals surface area contributed by atoms with Crippen molar-refractivity contribution >= 4 is 0 Å². The molecule has 3 atom stereocenters. The Balaban J connectivity index is 4.47. The van der Waals surface area contributed by atoms with E-state index in [0.29, 0.717) is 6.42 Å². The predicted molar refractivity (Wildman–Crippen MR) is 49.5 cm³/mol. The molecule has 0 aliphatic heterocycles. The van der Waals surface area contributed by atoms with E-state index in [1.807, 2.05) is 20.8 Å². The van der Waals surface area contributed by atoms with Gasteiger partial charge in [-0.05, 0) is 19.3 Å². The van der Waals surface area contributed by atoms with Crippen LogP contribution in [0.2, 0.25) is 0 Å². The summed E-state index contributed by atoms with van der Waals surface area (Å²) >= 11 is 0. The van der Waals surface area contributed by atoms with Crippen LogP contribution in [0.4, 0.5) is 0 Å². The summed E-state index contributed by atoms with van der Waals surface area (Å²) in [5.41, 5.74) is -0.835. The lowest BCUT2D eigenvalue weighted by Gasteiger charge is -2.33. The van der Waals surface area contributed by atoms with E-state index in [-0.39, 0.29) is 11.8 Å². The van der Waals surface area contributed by atoms with Crippen molar-refractivity contribution in [3.8, 4) is 6.07 Å². The molecule has 0 radical (unpaired) electrons. The molecule has 1 N–H and O–H groups in total. The molecule has 0 rings (SSSR count). The van der Waals surface area contributed by atoms with E-state index < -0.39 is 5.60 Å². The molecule has 12 heavy (non-hydrogen) atoms. The van der Waals surface area contributed by atoms with Crippen molar-refractivity contribution in [1.29, 1.82) is 5.26 Å². The topological polar surface area (TPSA) is 44.0 Å². The molecule has 0 amide bonds. The number of nitrogens with zero attached hydrogens (tertiary/aromatic N) is 1. The van der Waals surface area contributed by atoms with Crippen LogP contribution < -0.4 is 0 Å². The van der Waals surface area contributed by atoms with Gasteiger partial charge < -0.3 is 5.11 Å². The van der Waals surface area contributed by atoms with Gasteiger partial charge in [-0.15, -0.1) is 0 Å². The lowest BCUT2D eigenvalue weighted by atomic mass is 9.77. The van der Waals surface area contributed by atoms with E-state index in [1.165, 1.54) is 0 Å². The third kappa shape index (κ3) is 2.22. The fraction of sp³-hybridized carbons (Fsp3) is 0.900. The smallest absolute Gasteiger partial charge is 0.0802 e. The van der Waals surface area contributed by atoms with Gasteiger partial charge in [-0.2, -0.15) is 5.26 Å². The van der Waals surface area contributed by atoms with Crippen LogP contribution in [0.25, 0.3) is 0 Å². The monoisotopic (exact) mass is 169 g/mol. The summed E-state index contributed by atoms with van der Waals surface area (Å²) < 4.78 is 0. The Hall–Kier alpha value is -0.550. The van der Waals surface area contributed by atoms with Gasteiger partial charge in [0, 0.05) is 0 Å². The van der Waals surface area contributed by atoms with Crippen molar-refractivity contribution in [2.24, 2.45) is 11.8 Å². The Kier molecular flexibility index (Phi) is 4.26. The molecule has 0 bridgehead atoms. The molecular weight excluding hydrogens is 150 g/mol. The highest BCUT2D eigenvalue weighted by Crippen LogP contribution is 2.29. The number of nitriles is 1. The second-order valence-electron chi connectivity index (χ2n) is 3.63. The molecular formula is C10H19NO. The first-order valence-electron chi connectivity index (χ1n) is 4.62. The van der Waals surface area contributed by atoms with Crippen molar-refractivity contribution in [1.82, 2.24) is 0 Å². The molecule has 0 heterocycles. The minimum atomic E-state index is -0.835. The Bertz CT molecular complexity index is 169. The molecule has 0 fully saturated rings. The maximum atomic E-state index is 10.0. The minimum Gasteiger partial charge on any atom is -0.389 e. The highest BCUT2D eigenvalue weighted by molar-refractivity contribution is 4.97. The van der Waals surface area contributed by atoms with Crippen LogP contribution in [0.1, 0.15) is 40.5 Å². The molecule has 2 nitrogen and oxygen atoms in total. The van der Waals surface area contributed by atoms with Crippen LogP contribution in [-0.2, 0) is 0 Å². The Morgan fingerprint density at radius 3 is 2.17 bits per heavy atom. The van der Waals surface area contributed by atoms with Crippen molar-refractivity contribution in [3.63, 3.8) is 0 Å². The zero-order chi connectivity index (χ0) is 9.78. The van der Waals surface area contributed by atoms with E-state index >= 15 is 0 Å². The lowest BCUT2D eigenvalue weighted by molar-refractivity contribution is -0.0312. The van der Waals surface area contributed by atoms with Crippen molar-refractivity contribution in [2.75, 3.05) is 0 Å². The molecule has 2 heteroatoms. The molecule has 0 saturated carbocycles. The first-order chi connectivity index (χ1) is 5.50. The van der Waals surface area contributed by atoms with Crippen LogP contribution in [0, 0.1) is 23.2 Å². The Morgan fingerprint density at radius 2 is 1.92 bits per heavy atom. The van der Waals surface area contributed by atoms with Gasteiger partial charge >= 0.3 is 0 Å². The largest absolute Gasteiger partial charge is 0.389 e. The van der Waals surface area contributed by atoms with E-state index in [0.717, 1.165) is 6.42 Å². The third-order valence-corrected chi connectivity index (χ3v) is 2.88. The average molecular weight is 169 g/mol. The molecule has 0 aromatic carbocycles. The van der Waals surface area contributed by atoms with Crippen molar-refractivity contribution < 1.29 is 5.11 Å². The molecule has 3 unspecified atom stereocenters. The molecule has 0 spiro atoms. The lowest BCUT2D eigenvalue weighted by Crippen LogP contribution is -2.39. The van der Waals surface area contributed by atoms with E-state index in [2.05, 4.69) is 6.07 Å². The zero-order valence-electron chi connectivity index (χ0n) is 8.46. The normalized spacial score (nSPS) is 20.7. The SMILES string of the molecule is CCC(C)C(C)(O)C(C#N)CC. The zero-order valence-corrected chi connectivity index (χ0v) is 8.46. The highest BCUT2D eigenvalue weighted by Gasteiger charge is 2.35. The number of aliphatic hydroxyl groups is 1. The average Bonchev–Trinajstić information content (AvgIpc) is 2.04. The molecule has 0 saturated heterocycles. The summed E-state index contributed by atoms with van der Waals surface area (Å²) in [4.78, 5) is 0. The van der Waals surface area contributed by atoms with E-state index in [4.69, 9.17) is 5.26 Å². The van der Waals surface area contributed by atoms with E-state index in [1.54, 1.807) is 6.92 Å². The quantitative estimate of drug-likeness (QED) is 0.702. The number of hydrogen-bond donors (Lipinski definition) is 1. The fourth-order valence-corrected chi connectivity index (χ4v) is 1.39. The number of hydrogen-bond acceptors (Lipinski definition) is 2. The number of rotatable bonds is 4. The first-order valence-corrected chi connectivity index (χ1v) is 4.62. The van der Waals surface area contributed by atoms with Gasteiger partial charge in [-0.1, -0.05) is 27.2 Å². The van der Waals surface area contributed by atoms with Crippen LogP contribution >= 0.6 is 0 Å². The van der Waals surface area contributed by atoms with Gasteiger partial charge in [0.05, 0.1) is 17.6 Å². The third-order valence-electron chi connectivity index (χ3n) is 2.88. The van der Waals surface area contributed by atoms with Crippen LogP contribution in [0.3, 0.4) is 0 Å². The van der Waals surface area contributed by atoms with Crippen LogP contribution in [-0.4, -0.2) is 10.7 Å². The Labute approximate surface area is 75.2 Å².